The molecule has 218 valence electrons. The first kappa shape index (κ1) is 27.8. The van der Waals surface area contributed by atoms with Crippen molar-refractivity contribution in [3.63, 3.8) is 0 Å². The molecule has 2 unspecified atom stereocenters. The van der Waals surface area contributed by atoms with Gasteiger partial charge in [-0.25, -0.2) is 0 Å². The molecule has 40 heavy (non-hydrogen) atoms. The molecule has 1 aromatic rings. The zero-order valence-corrected chi connectivity index (χ0v) is 25.4. The number of furan rings is 1. The molecule has 1 saturated heterocycles. The summed E-state index contributed by atoms with van der Waals surface area (Å²) < 4.78 is 11.8. The van der Waals surface area contributed by atoms with Crippen molar-refractivity contribution in [3.8, 4) is 0 Å². The van der Waals surface area contributed by atoms with Crippen molar-refractivity contribution >= 4 is 11.7 Å². The number of oxime groups is 1. The molecule has 0 radical (unpaired) electrons. The fourth-order valence-electron chi connectivity index (χ4n) is 10.0. The first-order valence-electron chi connectivity index (χ1n) is 15.5. The summed E-state index contributed by atoms with van der Waals surface area (Å²) in [5.74, 6) is 0.856. The average molecular weight is 549 g/mol. The van der Waals surface area contributed by atoms with Crippen molar-refractivity contribution in [2.45, 2.75) is 92.1 Å². The van der Waals surface area contributed by atoms with E-state index in [-0.39, 0.29) is 39.7 Å². The fourth-order valence-corrected chi connectivity index (χ4v) is 10.0. The van der Waals surface area contributed by atoms with Crippen molar-refractivity contribution in [1.29, 1.82) is 0 Å². The van der Waals surface area contributed by atoms with E-state index in [0.29, 0.717) is 18.4 Å². The standard InChI is InChI=1S/C34H48N2O4/c1-23(37)40-30-21-28-31(2,3)29(35-39-20-18-36-16-7-8-17-36)12-15-33(28,5)27-11-14-32(4)25(24-13-19-38-22-24)9-10-26(32)34(27,30)6/h10,12-13,15,19,22,25,27-28,30H,7-9,11,14,16-18,20-21H2,1-6H3/b35-29+/t25-,27?,28?,30+,32-,33+,34-/m0/s1. The Morgan fingerprint density at radius 2 is 1.93 bits per heavy atom. The van der Waals surface area contributed by atoms with Gasteiger partial charge in [-0.05, 0) is 97.9 Å². The van der Waals surface area contributed by atoms with Crippen LogP contribution in [0, 0.1) is 33.5 Å². The smallest absolute Gasteiger partial charge is 0.302 e. The minimum atomic E-state index is -0.232. The number of carbonyl (C=O) groups is 1. The lowest BCUT2D eigenvalue weighted by molar-refractivity contribution is -0.182. The van der Waals surface area contributed by atoms with E-state index in [4.69, 9.17) is 19.1 Å². The van der Waals surface area contributed by atoms with Crippen molar-refractivity contribution < 1.29 is 18.8 Å². The van der Waals surface area contributed by atoms with Crippen LogP contribution in [0.1, 0.15) is 91.5 Å². The molecule has 6 nitrogen and oxygen atoms in total. The second kappa shape index (κ2) is 9.89. The number of ether oxygens (including phenoxy) is 1. The molecule has 1 aromatic heterocycles. The lowest BCUT2D eigenvalue weighted by Gasteiger charge is -2.66. The van der Waals surface area contributed by atoms with Crippen molar-refractivity contribution in [2.24, 2.45) is 38.7 Å². The summed E-state index contributed by atoms with van der Waals surface area (Å²) in [5.41, 5.74) is 3.32. The Balaban J connectivity index is 1.33. The summed E-state index contributed by atoms with van der Waals surface area (Å²) in [6.45, 7) is 17.4. The Kier molecular flexibility index (Phi) is 6.88. The van der Waals surface area contributed by atoms with Crippen LogP contribution in [-0.2, 0) is 14.4 Å². The van der Waals surface area contributed by atoms with E-state index in [0.717, 1.165) is 37.9 Å². The Bertz CT molecular complexity index is 1210. The SMILES string of the molecule is CC(=O)O[C@@H]1CC2C(C)(C)/C(=N/OCCN3CCCC3)C=C[C@]2(C)C2CC[C@]3(C)C(=CC[C@H]3c3ccoc3)[C@@]21C. The van der Waals surface area contributed by atoms with E-state index in [1.165, 1.54) is 37.1 Å². The predicted octanol–water partition coefficient (Wildman–Crippen LogP) is 7.14. The van der Waals surface area contributed by atoms with Gasteiger partial charge in [-0.3, -0.25) is 9.69 Å². The van der Waals surface area contributed by atoms with Gasteiger partial charge in [0.25, 0.3) is 0 Å². The Morgan fingerprint density at radius 1 is 1.15 bits per heavy atom. The summed E-state index contributed by atoms with van der Waals surface area (Å²) in [5, 5.41) is 4.70. The zero-order valence-electron chi connectivity index (χ0n) is 25.4. The van der Waals surface area contributed by atoms with Gasteiger partial charge < -0.3 is 14.0 Å². The van der Waals surface area contributed by atoms with E-state index in [1.54, 1.807) is 13.2 Å². The number of nitrogens with zero attached hydrogens (tertiary/aromatic N) is 2. The van der Waals surface area contributed by atoms with Crippen LogP contribution >= 0.6 is 0 Å². The molecule has 6 rings (SSSR count). The second-order valence-electron chi connectivity index (χ2n) is 14.4. The number of fused-ring (bicyclic) bond motifs is 5. The molecule has 7 atom stereocenters. The number of hydrogen-bond donors (Lipinski definition) is 0. The third-order valence-corrected chi connectivity index (χ3v) is 12.1. The summed E-state index contributed by atoms with van der Waals surface area (Å²) in [6.07, 6.45) is 17.3. The molecule has 0 spiro atoms. The van der Waals surface area contributed by atoms with Crippen LogP contribution in [0.4, 0.5) is 0 Å². The molecule has 0 aromatic carbocycles. The van der Waals surface area contributed by atoms with Gasteiger partial charge in [0.2, 0.25) is 0 Å². The van der Waals surface area contributed by atoms with Crippen molar-refractivity contribution in [1.82, 2.24) is 4.90 Å². The quantitative estimate of drug-likeness (QED) is 0.164. The summed E-state index contributed by atoms with van der Waals surface area (Å²) in [6, 6.07) is 2.13. The molecule has 4 aliphatic carbocycles. The number of allylic oxidation sites excluding steroid dienone is 3. The number of carbonyl (C=O) groups excluding carboxylic acids is 1. The molecule has 6 heteroatoms. The van der Waals surface area contributed by atoms with E-state index < -0.39 is 0 Å². The van der Waals surface area contributed by atoms with E-state index in [9.17, 15) is 4.79 Å². The highest BCUT2D eigenvalue weighted by atomic mass is 16.6. The first-order valence-corrected chi connectivity index (χ1v) is 15.5. The summed E-state index contributed by atoms with van der Waals surface area (Å²) in [7, 11) is 0. The maximum atomic E-state index is 12.6. The predicted molar refractivity (Wildman–Crippen MR) is 157 cm³/mol. The molecule has 2 saturated carbocycles. The number of esters is 1. The number of likely N-dealkylation sites (tertiary alicyclic amines) is 1. The van der Waals surface area contributed by atoms with Crippen LogP contribution in [0.5, 0.6) is 0 Å². The third-order valence-electron chi connectivity index (χ3n) is 12.1. The van der Waals surface area contributed by atoms with E-state index >= 15 is 0 Å². The van der Waals surface area contributed by atoms with Gasteiger partial charge in [-0.15, -0.1) is 0 Å². The van der Waals surface area contributed by atoms with E-state index in [2.05, 4.69) is 63.8 Å². The van der Waals surface area contributed by atoms with Crippen LogP contribution in [0.3, 0.4) is 0 Å². The fraction of sp³-hybridized carbons (Fsp3) is 0.706. The van der Waals surface area contributed by atoms with Gasteiger partial charge in [0, 0.05) is 24.3 Å². The number of rotatable bonds is 6. The first-order chi connectivity index (χ1) is 19.0. The normalized spacial score (nSPS) is 41.2. The van der Waals surface area contributed by atoms with Gasteiger partial charge in [-0.1, -0.05) is 57.5 Å². The maximum absolute atomic E-state index is 12.6. The number of hydrogen-bond acceptors (Lipinski definition) is 6. The minimum absolute atomic E-state index is 0.0282. The molecule has 0 bridgehead atoms. The van der Waals surface area contributed by atoms with E-state index in [1.807, 2.05) is 6.26 Å². The molecule has 2 heterocycles. The van der Waals surface area contributed by atoms with Crippen LogP contribution < -0.4 is 0 Å². The molecule has 1 aliphatic heterocycles. The topological polar surface area (TPSA) is 64.3 Å². The Morgan fingerprint density at radius 3 is 2.62 bits per heavy atom. The van der Waals surface area contributed by atoms with Crippen LogP contribution in [-0.4, -0.2) is 48.9 Å². The highest BCUT2D eigenvalue weighted by Gasteiger charge is 2.68. The van der Waals surface area contributed by atoms with Crippen molar-refractivity contribution in [2.75, 3.05) is 26.2 Å². The monoisotopic (exact) mass is 548 g/mol. The molecule has 0 N–H and O–H groups in total. The molecule has 3 fully saturated rings. The maximum Gasteiger partial charge on any atom is 0.302 e. The second-order valence-corrected chi connectivity index (χ2v) is 14.4. The third kappa shape index (κ3) is 4.15. The summed E-state index contributed by atoms with van der Waals surface area (Å²) >= 11 is 0. The zero-order chi connectivity index (χ0) is 28.3. The van der Waals surface area contributed by atoms with Crippen LogP contribution in [0.25, 0.3) is 0 Å². The minimum Gasteiger partial charge on any atom is -0.472 e. The van der Waals surface area contributed by atoms with Gasteiger partial charge in [0.1, 0.15) is 12.7 Å². The molecule has 0 amide bonds. The van der Waals surface area contributed by atoms with Crippen LogP contribution in [0.15, 0.2) is 52.0 Å². The lowest BCUT2D eigenvalue weighted by Crippen LogP contribution is -2.64. The summed E-state index contributed by atoms with van der Waals surface area (Å²) in [4.78, 5) is 21.0. The Hall–Kier alpha value is -2.34. The average Bonchev–Trinajstić information content (AvgIpc) is 3.65. The largest absolute Gasteiger partial charge is 0.472 e. The Labute approximate surface area is 240 Å². The van der Waals surface area contributed by atoms with Gasteiger partial charge in [0.05, 0.1) is 18.2 Å². The van der Waals surface area contributed by atoms with Crippen molar-refractivity contribution in [3.05, 3.63) is 48.0 Å². The molecular formula is C34H48N2O4. The lowest BCUT2D eigenvalue weighted by atomic mass is 9.38. The molecular weight excluding hydrogens is 500 g/mol. The van der Waals surface area contributed by atoms with Crippen LogP contribution in [0.2, 0.25) is 0 Å². The van der Waals surface area contributed by atoms with Gasteiger partial charge >= 0.3 is 5.97 Å². The highest BCUT2D eigenvalue weighted by molar-refractivity contribution is 6.00. The highest BCUT2D eigenvalue weighted by Crippen LogP contribution is 2.73. The molecule has 5 aliphatic rings. The van der Waals surface area contributed by atoms with Gasteiger partial charge in [0.15, 0.2) is 0 Å². The van der Waals surface area contributed by atoms with Gasteiger partial charge in [-0.2, -0.15) is 0 Å².